The summed E-state index contributed by atoms with van der Waals surface area (Å²) in [7, 11) is 2.84. The fourth-order valence-electron chi connectivity index (χ4n) is 2.64. The van der Waals surface area contributed by atoms with E-state index >= 15 is 0 Å². The zero-order chi connectivity index (χ0) is 21.0. The molecule has 0 atom stereocenters. The van der Waals surface area contributed by atoms with Gasteiger partial charge in [-0.3, -0.25) is 19.5 Å². The van der Waals surface area contributed by atoms with E-state index in [-0.39, 0.29) is 52.6 Å². The van der Waals surface area contributed by atoms with E-state index < -0.39 is 11.5 Å². The normalized spacial score (nSPS) is 10.4. The second kappa shape index (κ2) is 8.22. The number of nitriles is 1. The lowest BCUT2D eigenvalue weighted by atomic mass is 10.1. The molecule has 0 aliphatic rings. The summed E-state index contributed by atoms with van der Waals surface area (Å²) in [6, 6.07) is 3.41. The molecule has 2 heterocycles. The van der Waals surface area contributed by atoms with Crippen molar-refractivity contribution in [2.45, 2.75) is 6.42 Å². The number of nitrogens with zero attached hydrogens (tertiary/aromatic N) is 5. The number of hydrogen-bond donors (Lipinski definition) is 2. The number of benzene rings is 1. The summed E-state index contributed by atoms with van der Waals surface area (Å²) >= 11 is 0. The van der Waals surface area contributed by atoms with Crippen molar-refractivity contribution in [1.29, 1.82) is 5.26 Å². The minimum atomic E-state index is -0.541. The number of nitrogen functional groups attached to an aromatic ring is 1. The predicted molar refractivity (Wildman–Crippen MR) is 104 cm³/mol. The van der Waals surface area contributed by atoms with Crippen LogP contribution in [0.25, 0.3) is 10.9 Å². The fraction of sp³-hybridized carbons (Fsp3) is 0.222. The lowest BCUT2D eigenvalue weighted by Gasteiger charge is -2.16. The molecular formula is C18H17N7O4. The number of nitrogens with one attached hydrogen (secondary N) is 1. The van der Waals surface area contributed by atoms with E-state index in [4.69, 9.17) is 20.5 Å². The molecule has 1 amide bonds. The summed E-state index contributed by atoms with van der Waals surface area (Å²) < 4.78 is 12.1. The van der Waals surface area contributed by atoms with Crippen LogP contribution in [0.2, 0.25) is 0 Å². The molecule has 0 bridgehead atoms. The number of methoxy groups -OCH3 is 1. The molecule has 2 aromatic heterocycles. The highest BCUT2D eigenvalue weighted by molar-refractivity contribution is 6.04. The van der Waals surface area contributed by atoms with E-state index in [0.717, 1.165) is 4.57 Å². The Morgan fingerprint density at radius 1 is 1.38 bits per heavy atom. The molecule has 0 saturated heterocycles. The van der Waals surface area contributed by atoms with Crippen LogP contribution in [0.3, 0.4) is 0 Å². The highest BCUT2D eigenvalue weighted by atomic mass is 16.5. The van der Waals surface area contributed by atoms with Gasteiger partial charge in [-0.05, 0) is 0 Å². The molecule has 3 N–H and O–H groups in total. The molecule has 0 saturated carbocycles. The Hall–Kier alpha value is -4.20. The van der Waals surface area contributed by atoms with E-state index in [0.29, 0.717) is 0 Å². The Morgan fingerprint density at radius 3 is 2.76 bits per heavy atom. The van der Waals surface area contributed by atoms with Crippen LogP contribution in [0.15, 0.2) is 29.6 Å². The van der Waals surface area contributed by atoms with E-state index in [2.05, 4.69) is 20.3 Å². The van der Waals surface area contributed by atoms with Gasteiger partial charge in [-0.2, -0.15) is 5.26 Å². The van der Waals surface area contributed by atoms with Crippen LogP contribution in [0.1, 0.15) is 16.8 Å². The van der Waals surface area contributed by atoms with Gasteiger partial charge in [0.05, 0.1) is 36.2 Å². The van der Waals surface area contributed by atoms with Gasteiger partial charge >= 0.3 is 0 Å². The van der Waals surface area contributed by atoms with Gasteiger partial charge in [0.2, 0.25) is 5.95 Å². The average molecular weight is 395 g/mol. The molecule has 0 aliphatic heterocycles. The van der Waals surface area contributed by atoms with E-state index in [1.54, 1.807) is 0 Å². The molecule has 0 fully saturated rings. The maximum absolute atomic E-state index is 12.9. The van der Waals surface area contributed by atoms with Crippen LogP contribution >= 0.6 is 0 Å². The van der Waals surface area contributed by atoms with Crippen molar-refractivity contribution < 1.29 is 14.3 Å². The van der Waals surface area contributed by atoms with Gasteiger partial charge in [0.25, 0.3) is 11.5 Å². The third kappa shape index (κ3) is 3.77. The average Bonchev–Trinajstić information content (AvgIpc) is 2.72. The second-order valence-corrected chi connectivity index (χ2v) is 5.86. The molecule has 0 radical (unpaired) electrons. The second-order valence-electron chi connectivity index (χ2n) is 5.86. The first-order valence-corrected chi connectivity index (χ1v) is 8.41. The maximum Gasteiger partial charge on any atom is 0.264 e. The molecular weight excluding hydrogens is 378 g/mol. The quantitative estimate of drug-likeness (QED) is 0.456. The fourth-order valence-corrected chi connectivity index (χ4v) is 2.64. The first-order valence-electron chi connectivity index (χ1n) is 8.41. The molecule has 148 valence electrons. The summed E-state index contributed by atoms with van der Waals surface area (Å²) in [4.78, 5) is 37.2. The van der Waals surface area contributed by atoms with Crippen molar-refractivity contribution in [3.05, 3.63) is 40.7 Å². The van der Waals surface area contributed by atoms with Crippen LogP contribution in [-0.2, 0) is 7.05 Å². The number of rotatable bonds is 6. The van der Waals surface area contributed by atoms with Gasteiger partial charge in [0.15, 0.2) is 11.5 Å². The third-order valence-corrected chi connectivity index (χ3v) is 4.03. The summed E-state index contributed by atoms with van der Waals surface area (Å²) in [5.41, 5.74) is 6.02. The maximum atomic E-state index is 12.9. The largest absolute Gasteiger partial charge is 0.491 e. The Kier molecular flexibility index (Phi) is 5.54. The number of carbonyl (C=O) groups excluding carboxylic acids is 1. The van der Waals surface area contributed by atoms with Crippen LogP contribution in [0.5, 0.6) is 11.5 Å². The van der Waals surface area contributed by atoms with E-state index in [1.165, 1.54) is 38.9 Å². The van der Waals surface area contributed by atoms with Crippen LogP contribution in [-0.4, -0.2) is 39.1 Å². The molecule has 0 spiro atoms. The number of nitrogens with two attached hydrogens (primary N) is 1. The zero-order valence-electron chi connectivity index (χ0n) is 15.7. The smallest absolute Gasteiger partial charge is 0.264 e. The number of fused-ring (bicyclic) bond motifs is 1. The molecule has 0 aliphatic carbocycles. The Bertz CT molecular complexity index is 1170. The van der Waals surface area contributed by atoms with Crippen LogP contribution < -0.4 is 26.1 Å². The van der Waals surface area contributed by atoms with Gasteiger partial charge in [0, 0.05) is 25.5 Å². The molecule has 3 rings (SSSR count). The number of ether oxygens (including phenoxy) is 2. The number of hydrogen-bond acceptors (Lipinski definition) is 9. The first kappa shape index (κ1) is 19.6. The lowest BCUT2D eigenvalue weighted by Crippen LogP contribution is -2.26. The van der Waals surface area contributed by atoms with Crippen molar-refractivity contribution in [3.63, 3.8) is 0 Å². The van der Waals surface area contributed by atoms with Gasteiger partial charge in [-0.1, -0.05) is 0 Å². The monoisotopic (exact) mass is 395 g/mol. The van der Waals surface area contributed by atoms with E-state index in [9.17, 15) is 9.59 Å². The SMILES string of the molecule is COc1c(OCCC#N)cc(N)c2c(=O)n(C)c(NC(=O)c3cncnc3)nc12. The van der Waals surface area contributed by atoms with Crippen LogP contribution in [0.4, 0.5) is 11.6 Å². The third-order valence-electron chi connectivity index (χ3n) is 4.03. The summed E-state index contributed by atoms with van der Waals surface area (Å²) in [5, 5.41) is 11.4. The van der Waals surface area contributed by atoms with Gasteiger partial charge in [0.1, 0.15) is 18.5 Å². The minimum absolute atomic E-state index is 0.0248. The summed E-state index contributed by atoms with van der Waals surface area (Å²) in [6.45, 7) is 0.111. The van der Waals surface area contributed by atoms with Crippen molar-refractivity contribution in [2.24, 2.45) is 7.05 Å². The first-order chi connectivity index (χ1) is 14.0. The van der Waals surface area contributed by atoms with Crippen molar-refractivity contribution in [1.82, 2.24) is 19.5 Å². The Morgan fingerprint density at radius 2 is 2.10 bits per heavy atom. The van der Waals surface area contributed by atoms with Crippen LogP contribution in [0, 0.1) is 11.3 Å². The number of anilines is 2. The van der Waals surface area contributed by atoms with Crippen molar-refractivity contribution >= 4 is 28.4 Å². The van der Waals surface area contributed by atoms with E-state index in [1.807, 2.05) is 6.07 Å². The predicted octanol–water partition coefficient (Wildman–Crippen LogP) is 0.859. The number of aromatic nitrogens is 4. The molecule has 1 aromatic carbocycles. The van der Waals surface area contributed by atoms with Gasteiger partial charge in [-0.25, -0.2) is 15.0 Å². The summed E-state index contributed by atoms with van der Waals surface area (Å²) in [5.74, 6) is -0.158. The zero-order valence-corrected chi connectivity index (χ0v) is 15.7. The lowest BCUT2D eigenvalue weighted by molar-refractivity contribution is 0.102. The highest BCUT2D eigenvalue weighted by Crippen LogP contribution is 2.37. The highest BCUT2D eigenvalue weighted by Gasteiger charge is 2.21. The molecule has 29 heavy (non-hydrogen) atoms. The van der Waals surface area contributed by atoms with Gasteiger partial charge in [-0.15, -0.1) is 0 Å². The Labute approximate surface area is 164 Å². The topological polar surface area (TPSA) is 158 Å². The molecule has 11 heteroatoms. The molecule has 0 unspecified atom stereocenters. The standard InChI is InChI=1S/C18H17N7O4/c1-25-17(27)13-11(20)6-12(29-5-3-4-19)15(28-2)14(13)23-18(25)24-16(26)10-7-21-9-22-8-10/h6-9H,3,5,20H2,1-2H3,(H,23,24,26). The molecule has 3 aromatic rings. The summed E-state index contributed by atoms with van der Waals surface area (Å²) in [6.07, 6.45) is 4.12. The van der Waals surface area contributed by atoms with Crippen molar-refractivity contribution in [2.75, 3.05) is 24.8 Å². The number of amides is 1. The Balaban J connectivity index is 2.13. The van der Waals surface area contributed by atoms with Gasteiger partial charge < -0.3 is 15.2 Å². The van der Waals surface area contributed by atoms with Crippen molar-refractivity contribution in [3.8, 4) is 17.6 Å². The molecule has 11 nitrogen and oxygen atoms in total. The minimum Gasteiger partial charge on any atom is -0.491 e. The number of carbonyl (C=O) groups is 1.